The van der Waals surface area contributed by atoms with Crippen molar-refractivity contribution in [3.63, 3.8) is 0 Å². The summed E-state index contributed by atoms with van der Waals surface area (Å²) in [5.41, 5.74) is 0. The zero-order valence-electron chi connectivity index (χ0n) is 21.1. The smallest absolute Gasteiger partial charge is 0.200 e. The molecule has 2 fully saturated rings. The largest absolute Gasteiger partial charge is 0.460 e. The summed E-state index contributed by atoms with van der Waals surface area (Å²) in [7, 11) is 0. The van der Waals surface area contributed by atoms with Crippen LogP contribution in [0.4, 0.5) is 57.1 Å². The van der Waals surface area contributed by atoms with Gasteiger partial charge < -0.3 is 0 Å². The van der Waals surface area contributed by atoms with Gasteiger partial charge in [0.1, 0.15) is 0 Å². The molecule has 0 heterocycles. The molecule has 0 unspecified atom stereocenters. The molecule has 0 bridgehead atoms. The van der Waals surface area contributed by atoms with Crippen LogP contribution >= 0.6 is 0 Å². The number of unbranched alkanes of at least 4 members (excludes halogenated alkanes) is 2. The fourth-order valence-corrected chi connectivity index (χ4v) is 5.92. The molecule has 0 nitrogen and oxygen atoms in total. The van der Waals surface area contributed by atoms with Crippen LogP contribution < -0.4 is 0 Å². The maximum atomic E-state index is 14.1. The first kappa shape index (κ1) is 33.3. The molecule has 0 atom stereocenters. The van der Waals surface area contributed by atoms with Crippen LogP contribution in [0.1, 0.15) is 96.8 Å². The van der Waals surface area contributed by atoms with Crippen molar-refractivity contribution in [3.05, 3.63) is 0 Å². The minimum atomic E-state index is -7.82. The molecule has 0 aromatic heterocycles. The Morgan fingerprint density at radius 2 is 0.868 bits per heavy atom. The van der Waals surface area contributed by atoms with Crippen LogP contribution in [0.3, 0.4) is 0 Å². The fourth-order valence-electron chi connectivity index (χ4n) is 5.92. The SMILES string of the molecule is CCCCCC1CCC(C2CCC(CCC(F)(F)C(F)(F)C(F)(F)C(F)(F)C(F)(F)C(F)(F)F)CC2)CC1. The quantitative estimate of drug-likeness (QED) is 0.159. The minimum Gasteiger partial charge on any atom is -0.200 e. The molecule has 0 aliphatic heterocycles. The lowest BCUT2D eigenvalue weighted by Gasteiger charge is -2.40. The molecule has 0 saturated heterocycles. The molecule has 0 aromatic carbocycles. The van der Waals surface area contributed by atoms with Crippen molar-refractivity contribution in [2.75, 3.05) is 0 Å². The highest BCUT2D eigenvalue weighted by atomic mass is 19.4. The van der Waals surface area contributed by atoms with Gasteiger partial charge in [-0.3, -0.25) is 0 Å². The van der Waals surface area contributed by atoms with E-state index in [9.17, 15) is 57.1 Å². The van der Waals surface area contributed by atoms with E-state index >= 15 is 0 Å². The Bertz CT molecular complexity index is 728. The van der Waals surface area contributed by atoms with Crippen molar-refractivity contribution >= 4 is 0 Å². The van der Waals surface area contributed by atoms with Crippen molar-refractivity contribution in [1.82, 2.24) is 0 Å². The van der Waals surface area contributed by atoms with Crippen LogP contribution in [0.25, 0.3) is 0 Å². The molecule has 0 aromatic rings. The van der Waals surface area contributed by atoms with E-state index in [1.165, 1.54) is 19.3 Å². The van der Waals surface area contributed by atoms with Crippen LogP contribution in [-0.2, 0) is 0 Å². The summed E-state index contributed by atoms with van der Waals surface area (Å²) in [6.45, 7) is 2.13. The second-order valence-corrected chi connectivity index (χ2v) is 11.1. The molecule has 226 valence electrons. The molecule has 2 aliphatic rings. The van der Waals surface area contributed by atoms with Crippen LogP contribution in [0.15, 0.2) is 0 Å². The minimum absolute atomic E-state index is 0.303. The second kappa shape index (κ2) is 11.9. The molecule has 13 heteroatoms. The lowest BCUT2D eigenvalue weighted by Crippen LogP contribution is -2.70. The summed E-state index contributed by atoms with van der Waals surface area (Å²) in [6.07, 6.45) is 0.599. The first-order valence-corrected chi connectivity index (χ1v) is 13.2. The monoisotopic (exact) mass is 582 g/mol. The molecule has 0 N–H and O–H groups in total. The molecule has 2 saturated carbocycles. The predicted octanol–water partition coefficient (Wildman–Crippen LogP) is 10.7. The average molecular weight is 583 g/mol. The number of alkyl halides is 13. The highest BCUT2D eigenvalue weighted by Gasteiger charge is 2.90. The highest BCUT2D eigenvalue weighted by Crippen LogP contribution is 2.61. The van der Waals surface area contributed by atoms with Crippen molar-refractivity contribution in [2.45, 2.75) is 133 Å². The van der Waals surface area contributed by atoms with Crippen molar-refractivity contribution < 1.29 is 57.1 Å². The molecule has 0 radical (unpaired) electrons. The number of rotatable bonds is 12. The van der Waals surface area contributed by atoms with Gasteiger partial charge in [0.2, 0.25) is 0 Å². The number of hydrogen-bond acceptors (Lipinski definition) is 0. The van der Waals surface area contributed by atoms with Gasteiger partial charge >= 0.3 is 35.8 Å². The van der Waals surface area contributed by atoms with Gasteiger partial charge in [-0.15, -0.1) is 0 Å². The van der Waals surface area contributed by atoms with Gasteiger partial charge in [0.05, 0.1) is 0 Å². The van der Waals surface area contributed by atoms with Crippen molar-refractivity contribution in [3.8, 4) is 0 Å². The Morgan fingerprint density at radius 3 is 1.26 bits per heavy atom. The molecule has 2 rings (SSSR count). The van der Waals surface area contributed by atoms with E-state index in [-0.39, 0.29) is 0 Å². The molecule has 0 amide bonds. The predicted molar refractivity (Wildman–Crippen MR) is 115 cm³/mol. The van der Waals surface area contributed by atoms with E-state index < -0.39 is 54.5 Å². The Balaban J connectivity index is 1.92. The van der Waals surface area contributed by atoms with Gasteiger partial charge in [-0.2, -0.15) is 57.1 Å². The second-order valence-electron chi connectivity index (χ2n) is 11.1. The lowest BCUT2D eigenvalue weighted by molar-refractivity contribution is -0.440. The van der Waals surface area contributed by atoms with E-state index in [1.54, 1.807) is 0 Å². The third-order valence-corrected chi connectivity index (χ3v) is 8.53. The van der Waals surface area contributed by atoms with E-state index in [0.29, 0.717) is 43.4 Å². The Hall–Kier alpha value is -0.910. The summed E-state index contributed by atoms with van der Waals surface area (Å²) in [5.74, 6) is -35.5. The van der Waals surface area contributed by atoms with E-state index in [2.05, 4.69) is 6.92 Å². The summed E-state index contributed by atoms with van der Waals surface area (Å²) in [6, 6.07) is 0. The normalized spacial score (nSPS) is 27.0. The lowest BCUT2D eigenvalue weighted by atomic mass is 9.68. The van der Waals surface area contributed by atoms with Crippen LogP contribution in [0.2, 0.25) is 0 Å². The first-order chi connectivity index (χ1) is 17.2. The zero-order chi connectivity index (χ0) is 29.2. The van der Waals surface area contributed by atoms with Crippen LogP contribution in [-0.4, -0.2) is 35.8 Å². The van der Waals surface area contributed by atoms with Gasteiger partial charge in [0.25, 0.3) is 0 Å². The van der Waals surface area contributed by atoms with E-state index in [0.717, 1.165) is 32.1 Å². The Morgan fingerprint density at radius 1 is 0.474 bits per heavy atom. The number of halogens is 13. The standard InChI is InChI=1S/C25H35F13/c1-2-3-4-5-16-6-10-18(11-7-16)19-12-8-17(9-13-19)14-15-20(26,27)21(28,29)22(30,31)23(32,33)24(34,35)25(36,37)38/h16-19H,2-15H2,1H3. The molecule has 38 heavy (non-hydrogen) atoms. The third kappa shape index (κ3) is 6.52. The molecule has 0 spiro atoms. The summed E-state index contributed by atoms with van der Waals surface area (Å²) in [4.78, 5) is 0. The van der Waals surface area contributed by atoms with Gasteiger partial charge in [-0.1, -0.05) is 58.3 Å². The summed E-state index contributed by atoms with van der Waals surface area (Å²) in [5, 5.41) is 0. The maximum absolute atomic E-state index is 14.1. The molecule has 2 aliphatic carbocycles. The van der Waals surface area contributed by atoms with Crippen LogP contribution in [0, 0.1) is 23.7 Å². The summed E-state index contributed by atoms with van der Waals surface area (Å²) < 4.78 is 173. The van der Waals surface area contributed by atoms with Crippen molar-refractivity contribution in [1.29, 1.82) is 0 Å². The zero-order valence-corrected chi connectivity index (χ0v) is 21.1. The Kier molecular flexibility index (Phi) is 10.4. The third-order valence-electron chi connectivity index (χ3n) is 8.53. The summed E-state index contributed by atoms with van der Waals surface area (Å²) >= 11 is 0. The van der Waals surface area contributed by atoms with E-state index in [1.807, 2.05) is 0 Å². The van der Waals surface area contributed by atoms with E-state index in [4.69, 9.17) is 0 Å². The first-order valence-electron chi connectivity index (χ1n) is 13.2. The number of hydrogen-bond donors (Lipinski definition) is 0. The molecular weight excluding hydrogens is 547 g/mol. The molecular formula is C25H35F13. The average Bonchev–Trinajstić information content (AvgIpc) is 2.82. The maximum Gasteiger partial charge on any atom is 0.460 e. The van der Waals surface area contributed by atoms with Gasteiger partial charge in [-0.05, 0) is 55.8 Å². The topological polar surface area (TPSA) is 0 Å². The van der Waals surface area contributed by atoms with Gasteiger partial charge in [0.15, 0.2) is 0 Å². The van der Waals surface area contributed by atoms with Gasteiger partial charge in [-0.25, -0.2) is 0 Å². The Labute approximate surface area is 214 Å². The van der Waals surface area contributed by atoms with Crippen molar-refractivity contribution in [2.24, 2.45) is 23.7 Å². The van der Waals surface area contributed by atoms with Gasteiger partial charge in [0, 0.05) is 6.42 Å². The fraction of sp³-hybridized carbons (Fsp3) is 1.00. The van der Waals surface area contributed by atoms with Crippen LogP contribution in [0.5, 0.6) is 0 Å². The highest BCUT2D eigenvalue weighted by molar-refractivity contribution is 5.10.